The maximum absolute atomic E-state index is 12.7. The summed E-state index contributed by atoms with van der Waals surface area (Å²) in [5.41, 5.74) is 1.65. The number of imide groups is 1. The average Bonchev–Trinajstić information content (AvgIpc) is 2.84. The Morgan fingerprint density at radius 2 is 1.88 bits per heavy atom. The van der Waals surface area contributed by atoms with Gasteiger partial charge in [-0.1, -0.05) is 17.7 Å². The van der Waals surface area contributed by atoms with Crippen molar-refractivity contribution in [2.24, 2.45) is 0 Å². The zero-order valence-electron chi connectivity index (χ0n) is 13.3. The highest BCUT2D eigenvalue weighted by Crippen LogP contribution is 2.29. The van der Waals surface area contributed by atoms with E-state index in [9.17, 15) is 14.4 Å². The number of rotatable bonds is 4. The summed E-state index contributed by atoms with van der Waals surface area (Å²) in [6.07, 6.45) is -0.00179. The third-order valence-corrected chi connectivity index (χ3v) is 4.28. The average molecular weight is 359 g/mol. The molecule has 2 aromatic carbocycles. The summed E-state index contributed by atoms with van der Waals surface area (Å²) < 4.78 is 0. The lowest BCUT2D eigenvalue weighted by atomic mass is 10.1. The highest BCUT2D eigenvalue weighted by atomic mass is 35.5. The molecule has 1 aliphatic rings. The Kier molecular flexibility index (Phi) is 4.46. The second-order valence-electron chi connectivity index (χ2n) is 5.78. The van der Waals surface area contributed by atoms with Crippen LogP contribution in [0.3, 0.4) is 0 Å². The van der Waals surface area contributed by atoms with E-state index >= 15 is 0 Å². The van der Waals surface area contributed by atoms with Crippen molar-refractivity contribution in [1.82, 2.24) is 0 Å². The van der Waals surface area contributed by atoms with Gasteiger partial charge in [0.15, 0.2) is 0 Å². The Bertz CT molecular complexity index is 864. The molecule has 6 nitrogen and oxygen atoms in total. The fraction of sp³-hybridized carbons (Fsp3) is 0.167. The summed E-state index contributed by atoms with van der Waals surface area (Å²) in [6.45, 7) is 1.72. The van der Waals surface area contributed by atoms with Crippen LogP contribution in [0.4, 0.5) is 11.4 Å². The zero-order valence-corrected chi connectivity index (χ0v) is 14.1. The summed E-state index contributed by atoms with van der Waals surface area (Å²) in [5.74, 6) is -1.90. The number of carboxylic acids is 1. The molecular formula is C18H15ClN2O4. The topological polar surface area (TPSA) is 86.7 Å². The Labute approximate surface area is 149 Å². The van der Waals surface area contributed by atoms with Gasteiger partial charge in [-0.05, 0) is 48.9 Å². The van der Waals surface area contributed by atoms with Gasteiger partial charge in [-0.15, -0.1) is 0 Å². The quantitative estimate of drug-likeness (QED) is 0.820. The SMILES string of the molecule is Cc1ccc(C(=O)O)cc1N1C(=O)CC(Nc2ccc(Cl)cc2)C1=O. The van der Waals surface area contributed by atoms with E-state index in [0.29, 0.717) is 22.0 Å². The summed E-state index contributed by atoms with van der Waals surface area (Å²) in [7, 11) is 0. The molecule has 128 valence electrons. The molecular weight excluding hydrogens is 344 g/mol. The van der Waals surface area contributed by atoms with E-state index in [1.165, 1.54) is 12.1 Å². The maximum Gasteiger partial charge on any atom is 0.335 e. The van der Waals surface area contributed by atoms with Gasteiger partial charge in [0.2, 0.25) is 5.91 Å². The zero-order chi connectivity index (χ0) is 18.1. The second-order valence-corrected chi connectivity index (χ2v) is 6.22. The Morgan fingerprint density at radius 3 is 2.52 bits per heavy atom. The number of aromatic carboxylic acids is 1. The van der Waals surface area contributed by atoms with Crippen LogP contribution in [0.5, 0.6) is 0 Å². The molecule has 0 spiro atoms. The molecule has 0 aliphatic carbocycles. The molecule has 3 rings (SSSR count). The molecule has 1 fully saturated rings. The lowest BCUT2D eigenvalue weighted by molar-refractivity contribution is -0.121. The van der Waals surface area contributed by atoms with Crippen molar-refractivity contribution in [3.63, 3.8) is 0 Å². The van der Waals surface area contributed by atoms with Gasteiger partial charge in [-0.3, -0.25) is 9.59 Å². The normalized spacial score (nSPS) is 17.0. The molecule has 0 saturated carbocycles. The second kappa shape index (κ2) is 6.57. The van der Waals surface area contributed by atoms with E-state index in [2.05, 4.69) is 5.32 Å². The van der Waals surface area contributed by atoms with E-state index in [4.69, 9.17) is 16.7 Å². The van der Waals surface area contributed by atoms with Crippen LogP contribution in [0.25, 0.3) is 0 Å². The summed E-state index contributed by atoms with van der Waals surface area (Å²) >= 11 is 5.84. The minimum Gasteiger partial charge on any atom is -0.478 e. The number of aryl methyl sites for hydroxylation is 1. The third-order valence-electron chi connectivity index (χ3n) is 4.03. The fourth-order valence-electron chi connectivity index (χ4n) is 2.73. The van der Waals surface area contributed by atoms with Crippen LogP contribution in [-0.2, 0) is 9.59 Å². The van der Waals surface area contributed by atoms with Gasteiger partial charge in [0.25, 0.3) is 5.91 Å². The maximum atomic E-state index is 12.7. The van der Waals surface area contributed by atoms with Crippen molar-refractivity contribution in [3.05, 3.63) is 58.6 Å². The van der Waals surface area contributed by atoms with Crippen LogP contribution in [0.2, 0.25) is 5.02 Å². The number of hydrogen-bond donors (Lipinski definition) is 2. The number of carboxylic acid groups (broad SMARTS) is 1. The molecule has 1 aliphatic heterocycles. The Balaban J connectivity index is 1.88. The molecule has 1 unspecified atom stereocenters. The molecule has 1 atom stereocenters. The van der Waals surface area contributed by atoms with Crippen LogP contribution < -0.4 is 10.2 Å². The van der Waals surface area contributed by atoms with Crippen LogP contribution in [0, 0.1) is 6.92 Å². The molecule has 0 aromatic heterocycles. The lowest BCUT2D eigenvalue weighted by Crippen LogP contribution is -2.35. The highest BCUT2D eigenvalue weighted by Gasteiger charge is 2.40. The number of amides is 2. The van der Waals surface area contributed by atoms with Gasteiger partial charge in [0.1, 0.15) is 6.04 Å². The molecule has 0 bridgehead atoms. The first-order valence-corrected chi connectivity index (χ1v) is 7.97. The van der Waals surface area contributed by atoms with Gasteiger partial charge in [-0.2, -0.15) is 0 Å². The third kappa shape index (κ3) is 3.34. The molecule has 1 saturated heterocycles. The number of anilines is 2. The van der Waals surface area contributed by atoms with Crippen LogP contribution in [0.15, 0.2) is 42.5 Å². The fourth-order valence-corrected chi connectivity index (χ4v) is 2.85. The molecule has 2 aromatic rings. The molecule has 0 radical (unpaired) electrons. The number of nitrogens with one attached hydrogen (secondary N) is 1. The smallest absolute Gasteiger partial charge is 0.335 e. The number of nitrogens with zero attached hydrogens (tertiary/aromatic N) is 1. The van der Waals surface area contributed by atoms with Crippen LogP contribution >= 0.6 is 11.6 Å². The van der Waals surface area contributed by atoms with Crippen molar-refractivity contribution >= 4 is 40.8 Å². The van der Waals surface area contributed by atoms with Crippen molar-refractivity contribution in [1.29, 1.82) is 0 Å². The van der Waals surface area contributed by atoms with Crippen molar-refractivity contribution in [2.45, 2.75) is 19.4 Å². The monoisotopic (exact) mass is 358 g/mol. The number of hydrogen-bond acceptors (Lipinski definition) is 4. The first kappa shape index (κ1) is 17.0. The number of benzene rings is 2. The van der Waals surface area contributed by atoms with Gasteiger partial charge >= 0.3 is 5.97 Å². The van der Waals surface area contributed by atoms with Crippen LogP contribution in [-0.4, -0.2) is 28.9 Å². The summed E-state index contributed by atoms with van der Waals surface area (Å²) in [4.78, 5) is 37.3. The molecule has 2 N–H and O–H groups in total. The largest absolute Gasteiger partial charge is 0.478 e. The van der Waals surface area contributed by atoms with Gasteiger partial charge in [-0.25, -0.2) is 9.69 Å². The van der Waals surface area contributed by atoms with E-state index in [-0.39, 0.29) is 17.9 Å². The van der Waals surface area contributed by atoms with E-state index < -0.39 is 17.9 Å². The minimum atomic E-state index is -1.11. The molecule has 1 heterocycles. The number of carbonyl (C=O) groups excluding carboxylic acids is 2. The predicted octanol–water partition coefficient (Wildman–Crippen LogP) is 3.09. The first-order valence-electron chi connectivity index (χ1n) is 7.59. The van der Waals surface area contributed by atoms with Crippen molar-refractivity contribution in [3.8, 4) is 0 Å². The summed E-state index contributed by atoms with van der Waals surface area (Å²) in [5, 5.41) is 12.7. The lowest BCUT2D eigenvalue weighted by Gasteiger charge is -2.18. The molecule has 25 heavy (non-hydrogen) atoms. The Hall–Kier alpha value is -2.86. The standard InChI is InChI=1S/C18H15ClN2O4/c1-10-2-3-11(18(24)25)8-15(10)21-16(22)9-14(17(21)23)20-13-6-4-12(19)5-7-13/h2-8,14,20H,9H2,1H3,(H,24,25). The molecule has 2 amide bonds. The number of carbonyl (C=O) groups is 3. The van der Waals surface area contributed by atoms with Crippen LogP contribution in [0.1, 0.15) is 22.3 Å². The van der Waals surface area contributed by atoms with Gasteiger partial charge < -0.3 is 10.4 Å². The van der Waals surface area contributed by atoms with E-state index in [1.54, 1.807) is 37.3 Å². The molecule has 7 heteroatoms. The highest BCUT2D eigenvalue weighted by molar-refractivity contribution is 6.30. The van der Waals surface area contributed by atoms with Crippen molar-refractivity contribution < 1.29 is 19.5 Å². The van der Waals surface area contributed by atoms with Gasteiger partial charge in [0.05, 0.1) is 17.7 Å². The predicted molar refractivity (Wildman–Crippen MR) is 94.1 cm³/mol. The number of halogens is 1. The van der Waals surface area contributed by atoms with E-state index in [0.717, 1.165) is 4.90 Å². The van der Waals surface area contributed by atoms with Crippen molar-refractivity contribution in [2.75, 3.05) is 10.2 Å². The minimum absolute atomic E-state index is 0.00179. The van der Waals surface area contributed by atoms with Gasteiger partial charge in [0, 0.05) is 10.7 Å². The summed E-state index contributed by atoms with van der Waals surface area (Å²) in [6, 6.07) is 10.5. The Morgan fingerprint density at radius 1 is 1.20 bits per heavy atom. The first-order chi connectivity index (χ1) is 11.9. The van der Waals surface area contributed by atoms with E-state index in [1.807, 2.05) is 0 Å².